The normalized spacial score (nSPS) is 9.62. The Bertz CT molecular complexity index is 386. The summed E-state index contributed by atoms with van der Waals surface area (Å²) in [6.45, 7) is 1.45. The quantitative estimate of drug-likeness (QED) is 0.691. The molecule has 5 heteroatoms. The van der Waals surface area contributed by atoms with Crippen molar-refractivity contribution in [3.8, 4) is 6.07 Å². The van der Waals surface area contributed by atoms with Gasteiger partial charge in [-0.05, 0) is 6.92 Å². The fourth-order valence-corrected chi connectivity index (χ4v) is 1.08. The van der Waals surface area contributed by atoms with Crippen LogP contribution < -0.4 is 5.73 Å². The second-order valence-electron chi connectivity index (χ2n) is 2.82. The van der Waals surface area contributed by atoms with E-state index in [-0.39, 0.29) is 12.2 Å². The Morgan fingerprint density at radius 2 is 2.38 bits per heavy atom. The summed E-state index contributed by atoms with van der Waals surface area (Å²) in [7, 11) is 1.64. The van der Waals surface area contributed by atoms with E-state index in [2.05, 4.69) is 5.10 Å². The van der Waals surface area contributed by atoms with Crippen LogP contribution >= 0.6 is 0 Å². The van der Waals surface area contributed by atoms with Crippen LogP contribution in [0, 0.1) is 11.3 Å². The number of aryl methyl sites for hydroxylation is 1. The van der Waals surface area contributed by atoms with Crippen LogP contribution in [-0.4, -0.2) is 15.6 Å². The lowest BCUT2D eigenvalue weighted by Gasteiger charge is -1.90. The number of anilines is 1. The van der Waals surface area contributed by atoms with E-state index < -0.39 is 0 Å². The first kappa shape index (κ1) is 9.26. The topological polar surface area (TPSA) is 84.7 Å². The summed E-state index contributed by atoms with van der Waals surface area (Å²) in [4.78, 5) is 10.8. The average molecular weight is 178 g/mol. The molecule has 1 aromatic heterocycles. The number of nitriles is 1. The molecule has 0 bridgehead atoms. The molecule has 13 heavy (non-hydrogen) atoms. The second kappa shape index (κ2) is 3.27. The summed E-state index contributed by atoms with van der Waals surface area (Å²) in [6.07, 6.45) is 0.161. The number of carbonyl (C=O) groups is 1. The van der Waals surface area contributed by atoms with Gasteiger partial charge in [0.1, 0.15) is 23.2 Å². The Hall–Kier alpha value is -1.83. The van der Waals surface area contributed by atoms with Crippen LogP contribution in [0.3, 0.4) is 0 Å². The SMILES string of the molecule is CC(=O)Cc1nn(C)c(N)c1C#N. The summed E-state index contributed by atoms with van der Waals surface area (Å²) in [5, 5.41) is 12.7. The highest BCUT2D eigenvalue weighted by molar-refractivity contribution is 5.79. The van der Waals surface area contributed by atoms with Crippen LogP contribution in [0.4, 0.5) is 5.82 Å². The lowest BCUT2D eigenvalue weighted by molar-refractivity contribution is -0.116. The van der Waals surface area contributed by atoms with E-state index in [1.165, 1.54) is 11.6 Å². The molecule has 0 spiro atoms. The molecule has 1 heterocycles. The third kappa shape index (κ3) is 1.67. The molecule has 5 nitrogen and oxygen atoms in total. The smallest absolute Gasteiger partial charge is 0.139 e. The number of carbonyl (C=O) groups excluding carboxylic acids is 1. The minimum Gasteiger partial charge on any atom is -0.383 e. The van der Waals surface area contributed by atoms with Crippen molar-refractivity contribution >= 4 is 11.6 Å². The molecule has 0 aliphatic rings. The molecular weight excluding hydrogens is 168 g/mol. The van der Waals surface area contributed by atoms with E-state index in [9.17, 15) is 4.79 Å². The predicted octanol–water partition coefficient (Wildman–Crippen LogP) is 0.00548. The first-order valence-corrected chi connectivity index (χ1v) is 3.77. The highest BCUT2D eigenvalue weighted by Gasteiger charge is 2.14. The van der Waals surface area contributed by atoms with E-state index >= 15 is 0 Å². The van der Waals surface area contributed by atoms with Gasteiger partial charge in [-0.3, -0.25) is 9.48 Å². The van der Waals surface area contributed by atoms with Crippen molar-refractivity contribution in [3.05, 3.63) is 11.3 Å². The van der Waals surface area contributed by atoms with Crippen LogP contribution in [-0.2, 0) is 18.3 Å². The van der Waals surface area contributed by atoms with Gasteiger partial charge in [-0.1, -0.05) is 0 Å². The van der Waals surface area contributed by atoms with Crippen molar-refractivity contribution in [2.45, 2.75) is 13.3 Å². The summed E-state index contributed by atoms with van der Waals surface area (Å²) in [6, 6.07) is 1.93. The summed E-state index contributed by atoms with van der Waals surface area (Å²) < 4.78 is 1.40. The zero-order valence-electron chi connectivity index (χ0n) is 7.53. The van der Waals surface area contributed by atoms with Crippen molar-refractivity contribution in [2.24, 2.45) is 7.05 Å². The van der Waals surface area contributed by atoms with E-state index in [1.807, 2.05) is 6.07 Å². The van der Waals surface area contributed by atoms with Crippen LogP contribution in [0.5, 0.6) is 0 Å². The highest BCUT2D eigenvalue weighted by atomic mass is 16.1. The van der Waals surface area contributed by atoms with Crippen LogP contribution in [0.25, 0.3) is 0 Å². The number of hydrogen-bond acceptors (Lipinski definition) is 4. The van der Waals surface area contributed by atoms with Crippen LogP contribution in [0.1, 0.15) is 18.2 Å². The Morgan fingerprint density at radius 3 is 2.85 bits per heavy atom. The van der Waals surface area contributed by atoms with Crippen molar-refractivity contribution in [1.29, 1.82) is 5.26 Å². The number of nitrogens with two attached hydrogens (primary N) is 1. The fourth-order valence-electron chi connectivity index (χ4n) is 1.08. The first-order chi connectivity index (χ1) is 6.06. The van der Waals surface area contributed by atoms with Gasteiger partial charge in [0.15, 0.2) is 0 Å². The van der Waals surface area contributed by atoms with Crippen LogP contribution in [0.2, 0.25) is 0 Å². The molecule has 1 aromatic rings. The molecule has 0 aliphatic carbocycles. The first-order valence-electron chi connectivity index (χ1n) is 3.77. The molecule has 1 rings (SSSR count). The molecule has 68 valence electrons. The van der Waals surface area contributed by atoms with Gasteiger partial charge in [0.05, 0.1) is 12.1 Å². The number of nitrogens with zero attached hydrogens (tertiary/aromatic N) is 3. The number of nitrogen functional groups attached to an aromatic ring is 1. The van der Waals surface area contributed by atoms with Gasteiger partial charge in [-0.15, -0.1) is 0 Å². The van der Waals surface area contributed by atoms with Gasteiger partial charge in [-0.2, -0.15) is 10.4 Å². The maximum absolute atomic E-state index is 10.8. The summed E-state index contributed by atoms with van der Waals surface area (Å²) >= 11 is 0. The van der Waals surface area contributed by atoms with E-state index in [1.54, 1.807) is 7.05 Å². The van der Waals surface area contributed by atoms with Gasteiger partial charge in [0, 0.05) is 7.05 Å². The molecule has 0 fully saturated rings. The van der Waals surface area contributed by atoms with Gasteiger partial charge in [0.25, 0.3) is 0 Å². The predicted molar refractivity (Wildman–Crippen MR) is 46.7 cm³/mol. The number of hydrogen-bond donors (Lipinski definition) is 1. The molecular formula is C8H10N4O. The summed E-state index contributed by atoms with van der Waals surface area (Å²) in [5.74, 6) is 0.272. The Kier molecular flexibility index (Phi) is 2.33. The van der Waals surface area contributed by atoms with Crippen molar-refractivity contribution in [1.82, 2.24) is 9.78 Å². The van der Waals surface area contributed by atoms with Crippen molar-refractivity contribution < 1.29 is 4.79 Å². The van der Waals surface area contributed by atoms with Gasteiger partial charge >= 0.3 is 0 Å². The maximum atomic E-state index is 10.8. The van der Waals surface area contributed by atoms with E-state index in [0.29, 0.717) is 17.1 Å². The van der Waals surface area contributed by atoms with Crippen molar-refractivity contribution in [2.75, 3.05) is 5.73 Å². The molecule has 0 amide bonds. The zero-order chi connectivity index (χ0) is 10.0. The Balaban J connectivity index is 3.15. The third-order valence-corrected chi connectivity index (χ3v) is 1.69. The van der Waals surface area contributed by atoms with Gasteiger partial charge < -0.3 is 5.73 Å². The van der Waals surface area contributed by atoms with Crippen molar-refractivity contribution in [3.63, 3.8) is 0 Å². The minimum atomic E-state index is -0.0328. The third-order valence-electron chi connectivity index (χ3n) is 1.69. The number of ketones is 1. The average Bonchev–Trinajstić information content (AvgIpc) is 2.27. The molecule has 0 saturated heterocycles. The minimum absolute atomic E-state index is 0.0328. The molecule has 0 aliphatic heterocycles. The molecule has 2 N–H and O–H groups in total. The fraction of sp³-hybridized carbons (Fsp3) is 0.375. The zero-order valence-corrected chi connectivity index (χ0v) is 7.53. The van der Waals surface area contributed by atoms with Gasteiger partial charge in [-0.25, -0.2) is 0 Å². The van der Waals surface area contributed by atoms with E-state index in [4.69, 9.17) is 11.0 Å². The van der Waals surface area contributed by atoms with Crippen LogP contribution in [0.15, 0.2) is 0 Å². The number of aromatic nitrogens is 2. The maximum Gasteiger partial charge on any atom is 0.139 e. The second-order valence-corrected chi connectivity index (χ2v) is 2.82. The number of Topliss-reactive ketones (excluding diaryl/α,β-unsaturated/α-hetero) is 1. The standard InChI is InChI=1S/C8H10N4O/c1-5(13)3-7-6(4-9)8(10)12(2)11-7/h3,10H2,1-2H3. The number of rotatable bonds is 2. The highest BCUT2D eigenvalue weighted by Crippen LogP contribution is 2.14. The van der Waals surface area contributed by atoms with Gasteiger partial charge in [0.2, 0.25) is 0 Å². The lowest BCUT2D eigenvalue weighted by Crippen LogP contribution is -1.99. The molecule has 0 unspecified atom stereocenters. The monoisotopic (exact) mass is 178 g/mol. The molecule has 0 radical (unpaired) electrons. The summed E-state index contributed by atoms with van der Waals surface area (Å²) in [5.41, 5.74) is 6.31. The molecule has 0 atom stereocenters. The molecule has 0 aromatic carbocycles. The van der Waals surface area contributed by atoms with E-state index in [0.717, 1.165) is 0 Å². The Morgan fingerprint density at radius 1 is 1.77 bits per heavy atom. The largest absolute Gasteiger partial charge is 0.383 e. The Labute approximate surface area is 75.8 Å². The lowest BCUT2D eigenvalue weighted by atomic mass is 10.1. The molecule has 0 saturated carbocycles.